The number of nitrogens with two attached hydrogens (primary N) is 1. The number of benzene rings is 2. The van der Waals surface area contributed by atoms with E-state index in [9.17, 15) is 0 Å². The molecule has 6 rings (SSSR count). The van der Waals surface area contributed by atoms with E-state index in [0.717, 1.165) is 53.1 Å². The van der Waals surface area contributed by atoms with E-state index in [1.54, 1.807) is 0 Å². The normalized spacial score (nSPS) is 18.5. The van der Waals surface area contributed by atoms with Crippen LogP contribution in [0.3, 0.4) is 0 Å². The molecule has 9 nitrogen and oxygen atoms in total. The van der Waals surface area contributed by atoms with Crippen molar-refractivity contribution in [3.63, 3.8) is 0 Å². The second kappa shape index (κ2) is 9.43. The van der Waals surface area contributed by atoms with Crippen LogP contribution in [-0.4, -0.2) is 42.8 Å². The molecule has 2 atom stereocenters. The molecule has 36 heavy (non-hydrogen) atoms. The zero-order valence-corrected chi connectivity index (χ0v) is 20.1. The predicted molar refractivity (Wildman–Crippen MR) is 138 cm³/mol. The Morgan fingerprint density at radius 2 is 1.83 bits per heavy atom. The zero-order chi connectivity index (χ0) is 24.5. The van der Waals surface area contributed by atoms with Gasteiger partial charge in [0.05, 0.1) is 12.7 Å². The molecule has 5 aromatic rings. The van der Waals surface area contributed by atoms with Crippen LogP contribution in [0.25, 0.3) is 11.2 Å². The van der Waals surface area contributed by atoms with Crippen molar-refractivity contribution in [2.24, 2.45) is 0 Å². The summed E-state index contributed by atoms with van der Waals surface area (Å²) in [6, 6.07) is 18.7. The lowest BCUT2D eigenvalue weighted by Crippen LogP contribution is -2.30. The van der Waals surface area contributed by atoms with E-state index in [0.29, 0.717) is 18.0 Å². The first-order chi connectivity index (χ1) is 17.6. The first kappa shape index (κ1) is 22.2. The van der Waals surface area contributed by atoms with E-state index < -0.39 is 0 Å². The summed E-state index contributed by atoms with van der Waals surface area (Å²) in [5.41, 5.74) is 11.9. The minimum Gasteiger partial charge on any atom is -0.457 e. The van der Waals surface area contributed by atoms with Gasteiger partial charge in [0.25, 0.3) is 0 Å². The molecule has 1 unspecified atom stereocenters. The number of H-pyrrole nitrogens is 1. The van der Waals surface area contributed by atoms with Gasteiger partial charge in [-0.25, -0.2) is 4.98 Å². The van der Waals surface area contributed by atoms with Crippen molar-refractivity contribution in [1.29, 1.82) is 0 Å². The molecule has 4 N–H and O–H groups in total. The summed E-state index contributed by atoms with van der Waals surface area (Å²) in [6.07, 6.45) is 5.78. The number of nitrogens with zero attached hydrogens (tertiary/aromatic N) is 5. The van der Waals surface area contributed by atoms with Crippen LogP contribution < -0.4 is 15.8 Å². The summed E-state index contributed by atoms with van der Waals surface area (Å²) in [4.78, 5) is 4.33. The molecule has 0 spiro atoms. The number of ether oxygens (including phenoxy) is 1. The lowest BCUT2D eigenvalue weighted by atomic mass is 9.90. The molecule has 3 aromatic heterocycles. The molecule has 0 fully saturated rings. The van der Waals surface area contributed by atoms with Crippen molar-refractivity contribution < 1.29 is 4.74 Å². The maximum Gasteiger partial charge on any atom is 0.203 e. The average molecular weight is 481 g/mol. The quantitative estimate of drug-likeness (QED) is 0.331. The fourth-order valence-corrected chi connectivity index (χ4v) is 4.96. The molecule has 9 heteroatoms. The van der Waals surface area contributed by atoms with Crippen molar-refractivity contribution >= 4 is 17.0 Å². The third-order valence-corrected chi connectivity index (χ3v) is 6.62. The minimum atomic E-state index is 0.0324. The smallest absolute Gasteiger partial charge is 0.203 e. The first-order valence-electron chi connectivity index (χ1n) is 12.2. The monoisotopic (exact) mass is 480 g/mol. The second-order valence-corrected chi connectivity index (χ2v) is 9.40. The fraction of sp³-hybridized carbons (Fsp3) is 0.259. The highest BCUT2D eigenvalue weighted by molar-refractivity contribution is 5.77. The third-order valence-electron chi connectivity index (χ3n) is 6.62. The predicted octanol–water partition coefficient (Wildman–Crippen LogP) is 4.03. The molecule has 2 aromatic carbocycles. The molecule has 0 amide bonds. The number of hydrogen-bond donors (Lipinski definition) is 3. The number of fused-ring (bicyclic) bond motifs is 7. The van der Waals surface area contributed by atoms with Crippen molar-refractivity contribution in [2.45, 2.75) is 38.3 Å². The van der Waals surface area contributed by atoms with Crippen molar-refractivity contribution in [1.82, 2.24) is 35.5 Å². The number of pyridine rings is 1. The van der Waals surface area contributed by atoms with Gasteiger partial charge in [0.1, 0.15) is 22.8 Å². The molecule has 0 aliphatic carbocycles. The van der Waals surface area contributed by atoms with Gasteiger partial charge in [0, 0.05) is 18.2 Å². The van der Waals surface area contributed by atoms with Gasteiger partial charge in [0.15, 0.2) is 0 Å². The SMILES string of the molecule is C[C@H]1Cc2cccc(c2)Oc2cccc(c2)Cn2cc(cn2)C(c2cc(N)nc3n[nH]nc23)CCN1. The topological polar surface area (TPSA) is 120 Å². The van der Waals surface area contributed by atoms with E-state index in [4.69, 9.17) is 10.5 Å². The highest BCUT2D eigenvalue weighted by Crippen LogP contribution is 2.33. The lowest BCUT2D eigenvalue weighted by Gasteiger charge is -2.19. The molecule has 1 aliphatic rings. The molecule has 0 saturated heterocycles. The maximum absolute atomic E-state index is 6.19. The summed E-state index contributed by atoms with van der Waals surface area (Å²) in [5, 5.41) is 19.6. The van der Waals surface area contributed by atoms with Gasteiger partial charge in [-0.3, -0.25) is 4.68 Å². The highest BCUT2D eigenvalue weighted by Gasteiger charge is 2.22. The lowest BCUT2D eigenvalue weighted by molar-refractivity contribution is 0.479. The summed E-state index contributed by atoms with van der Waals surface area (Å²) in [5.74, 6) is 2.12. The minimum absolute atomic E-state index is 0.0324. The van der Waals surface area contributed by atoms with Crippen molar-refractivity contribution in [2.75, 3.05) is 12.3 Å². The molecular formula is C27H28N8O. The van der Waals surface area contributed by atoms with E-state index in [-0.39, 0.29) is 12.0 Å². The molecular weight excluding hydrogens is 452 g/mol. The van der Waals surface area contributed by atoms with Gasteiger partial charge in [-0.15, -0.1) is 5.10 Å². The molecule has 182 valence electrons. The Balaban J connectivity index is 1.39. The van der Waals surface area contributed by atoms with Gasteiger partial charge >= 0.3 is 0 Å². The molecule has 6 bridgehead atoms. The Hall–Kier alpha value is -4.24. The number of aromatic nitrogens is 6. The van der Waals surface area contributed by atoms with Crippen LogP contribution in [0.2, 0.25) is 0 Å². The van der Waals surface area contributed by atoms with Crippen molar-refractivity contribution in [3.05, 3.63) is 89.2 Å². The van der Waals surface area contributed by atoms with Crippen LogP contribution >= 0.6 is 0 Å². The Bertz CT molecular complexity index is 1510. The summed E-state index contributed by atoms with van der Waals surface area (Å²) in [7, 11) is 0. The Morgan fingerprint density at radius 1 is 1.03 bits per heavy atom. The van der Waals surface area contributed by atoms with E-state index in [2.05, 4.69) is 68.2 Å². The van der Waals surface area contributed by atoms with Gasteiger partial charge in [-0.1, -0.05) is 24.3 Å². The summed E-state index contributed by atoms with van der Waals surface area (Å²) >= 11 is 0. The Labute approximate surface area is 208 Å². The van der Waals surface area contributed by atoms with Crippen LogP contribution in [0.4, 0.5) is 5.82 Å². The number of anilines is 1. The van der Waals surface area contributed by atoms with Crippen LogP contribution in [0.1, 0.15) is 41.5 Å². The van der Waals surface area contributed by atoms with E-state index >= 15 is 0 Å². The molecule has 0 radical (unpaired) electrons. The molecule has 1 aliphatic heterocycles. The standard InChI is InChI=1S/C27H28N8O/c1-17-10-18-4-2-6-21(11-18)36-22-7-3-5-19(12-22)15-35-16-20(14-30-35)23(8-9-29-17)24-13-25(28)31-27-26(24)32-34-33-27/h2-7,11-14,16-17,23,29H,8-10,15H2,1H3,(H3,28,31,32,33,34)/t17-,23?/m0/s1. The van der Waals surface area contributed by atoms with Crippen molar-refractivity contribution in [3.8, 4) is 11.5 Å². The number of aromatic amines is 1. The first-order valence-corrected chi connectivity index (χ1v) is 12.2. The molecule has 4 heterocycles. The van der Waals surface area contributed by atoms with Gasteiger partial charge in [-0.2, -0.15) is 15.4 Å². The maximum atomic E-state index is 6.19. The number of nitrogen functional groups attached to an aromatic ring is 1. The largest absolute Gasteiger partial charge is 0.457 e. The number of rotatable bonds is 1. The van der Waals surface area contributed by atoms with Gasteiger partial charge in [-0.05, 0) is 78.9 Å². The number of nitrogens with one attached hydrogen (secondary N) is 2. The molecule has 0 saturated carbocycles. The number of hydrogen-bond acceptors (Lipinski definition) is 7. The Morgan fingerprint density at radius 3 is 2.69 bits per heavy atom. The van der Waals surface area contributed by atoms with Crippen LogP contribution in [0.5, 0.6) is 11.5 Å². The van der Waals surface area contributed by atoms with E-state index in [1.165, 1.54) is 5.56 Å². The summed E-state index contributed by atoms with van der Waals surface area (Å²) in [6.45, 7) is 3.66. The van der Waals surface area contributed by atoms with E-state index in [1.807, 2.05) is 41.2 Å². The van der Waals surface area contributed by atoms with Crippen LogP contribution in [-0.2, 0) is 13.0 Å². The zero-order valence-electron chi connectivity index (χ0n) is 20.1. The average Bonchev–Trinajstić information content (AvgIpc) is 3.51. The van der Waals surface area contributed by atoms with Gasteiger partial charge in [0.2, 0.25) is 5.65 Å². The van der Waals surface area contributed by atoms with Crippen LogP contribution in [0, 0.1) is 0 Å². The fourth-order valence-electron chi connectivity index (χ4n) is 4.96. The third kappa shape index (κ3) is 4.65. The van der Waals surface area contributed by atoms with Crippen LogP contribution in [0.15, 0.2) is 67.0 Å². The second-order valence-electron chi connectivity index (χ2n) is 9.40. The highest BCUT2D eigenvalue weighted by atomic mass is 16.5. The summed E-state index contributed by atoms with van der Waals surface area (Å²) < 4.78 is 8.15. The Kier molecular flexibility index (Phi) is 5.82. The van der Waals surface area contributed by atoms with Gasteiger partial charge < -0.3 is 15.8 Å².